The zero-order chi connectivity index (χ0) is 16.9. The number of carbonyl (C=O) groups excluding carboxylic acids is 1. The molecule has 24 heavy (non-hydrogen) atoms. The highest BCUT2D eigenvalue weighted by Crippen LogP contribution is 2.16. The highest BCUT2D eigenvalue weighted by atomic mass is 35.5. The summed E-state index contributed by atoms with van der Waals surface area (Å²) < 4.78 is 0. The van der Waals surface area contributed by atoms with Gasteiger partial charge in [-0.1, -0.05) is 41.4 Å². The van der Waals surface area contributed by atoms with Crippen molar-refractivity contribution in [3.63, 3.8) is 0 Å². The highest BCUT2D eigenvalue weighted by Gasteiger charge is 2.32. The standard InChI is InChI=1S/C16H17Cl2N5O/c17-11-5-7-12(8-6-11)20-15-14(21-23-22-15)16(24)19-9-10-3-1-2-4-13(10)18/h1-8,14-15,20-23H,9H2,(H,19,24). The lowest BCUT2D eigenvalue weighted by Crippen LogP contribution is -2.50. The van der Waals surface area contributed by atoms with Gasteiger partial charge in [-0.15, -0.1) is 0 Å². The van der Waals surface area contributed by atoms with Gasteiger partial charge in [0.05, 0.1) is 0 Å². The van der Waals surface area contributed by atoms with Gasteiger partial charge in [0.2, 0.25) is 5.91 Å². The third-order valence-electron chi connectivity index (χ3n) is 3.65. The van der Waals surface area contributed by atoms with Gasteiger partial charge in [-0.3, -0.25) is 4.79 Å². The van der Waals surface area contributed by atoms with Crippen LogP contribution in [0, 0.1) is 0 Å². The summed E-state index contributed by atoms with van der Waals surface area (Å²) in [5, 5.41) is 7.39. The minimum Gasteiger partial charge on any atom is -0.367 e. The Bertz CT molecular complexity index is 710. The molecular formula is C16H17Cl2N5O. The monoisotopic (exact) mass is 365 g/mol. The van der Waals surface area contributed by atoms with Gasteiger partial charge in [-0.2, -0.15) is 5.53 Å². The van der Waals surface area contributed by atoms with Crippen molar-refractivity contribution in [1.82, 2.24) is 21.7 Å². The second-order valence-corrected chi connectivity index (χ2v) is 6.17. The number of rotatable bonds is 5. The van der Waals surface area contributed by atoms with E-state index in [0.717, 1.165) is 11.3 Å². The number of nitrogens with one attached hydrogen (secondary N) is 5. The lowest BCUT2D eigenvalue weighted by molar-refractivity contribution is -0.123. The second kappa shape index (κ2) is 7.83. The third-order valence-corrected chi connectivity index (χ3v) is 4.27. The summed E-state index contributed by atoms with van der Waals surface area (Å²) in [6, 6.07) is 14.2. The van der Waals surface area contributed by atoms with Gasteiger partial charge < -0.3 is 10.6 Å². The molecule has 2 unspecified atom stereocenters. The number of carbonyl (C=O) groups is 1. The Hall–Kier alpha value is -1.83. The normalized spacial score (nSPS) is 19.9. The molecule has 126 valence electrons. The first kappa shape index (κ1) is 17.0. The fraction of sp³-hybridized carbons (Fsp3) is 0.188. The molecule has 0 bridgehead atoms. The molecule has 1 aliphatic heterocycles. The van der Waals surface area contributed by atoms with Crippen LogP contribution in [-0.2, 0) is 11.3 Å². The molecule has 6 nitrogen and oxygen atoms in total. The van der Waals surface area contributed by atoms with Crippen molar-refractivity contribution in [3.05, 3.63) is 64.1 Å². The molecule has 0 saturated carbocycles. The van der Waals surface area contributed by atoms with Gasteiger partial charge in [0.15, 0.2) is 0 Å². The summed E-state index contributed by atoms with van der Waals surface area (Å²) in [4.78, 5) is 12.4. The molecule has 0 spiro atoms. The molecular weight excluding hydrogens is 349 g/mol. The average Bonchev–Trinajstić information content (AvgIpc) is 3.04. The molecule has 1 heterocycles. The zero-order valence-electron chi connectivity index (χ0n) is 12.6. The quantitative estimate of drug-likeness (QED) is 0.560. The van der Waals surface area contributed by atoms with Gasteiger partial charge in [0.1, 0.15) is 12.2 Å². The molecule has 1 fully saturated rings. The molecule has 3 rings (SSSR count). The molecule has 2 atom stereocenters. The van der Waals surface area contributed by atoms with E-state index < -0.39 is 6.04 Å². The van der Waals surface area contributed by atoms with Gasteiger partial charge in [-0.05, 0) is 35.9 Å². The van der Waals surface area contributed by atoms with Crippen LogP contribution < -0.4 is 27.0 Å². The summed E-state index contributed by atoms with van der Waals surface area (Å²) in [6.45, 7) is 0.365. The Morgan fingerprint density at radius 1 is 1.04 bits per heavy atom. The van der Waals surface area contributed by atoms with Crippen molar-refractivity contribution >= 4 is 34.8 Å². The number of anilines is 1. The van der Waals surface area contributed by atoms with Crippen molar-refractivity contribution in [1.29, 1.82) is 0 Å². The van der Waals surface area contributed by atoms with Crippen LogP contribution in [0.5, 0.6) is 0 Å². The summed E-state index contributed by atoms with van der Waals surface area (Å²) in [7, 11) is 0. The number of hydrogen-bond donors (Lipinski definition) is 5. The van der Waals surface area contributed by atoms with E-state index in [1.807, 2.05) is 30.3 Å². The second-order valence-electron chi connectivity index (χ2n) is 5.33. The Morgan fingerprint density at radius 3 is 2.54 bits per heavy atom. The molecule has 0 aliphatic carbocycles. The summed E-state index contributed by atoms with van der Waals surface area (Å²) >= 11 is 12.0. The SMILES string of the molecule is O=C(NCc1ccccc1Cl)C1NNNC1Nc1ccc(Cl)cc1. The first-order chi connectivity index (χ1) is 11.6. The van der Waals surface area contributed by atoms with Crippen molar-refractivity contribution < 1.29 is 4.79 Å². The van der Waals surface area contributed by atoms with Gasteiger partial charge in [0, 0.05) is 22.3 Å². The third kappa shape index (κ3) is 4.17. The number of amides is 1. The van der Waals surface area contributed by atoms with Crippen LogP contribution >= 0.6 is 23.2 Å². The average molecular weight is 366 g/mol. The van der Waals surface area contributed by atoms with E-state index in [9.17, 15) is 4.79 Å². The number of benzene rings is 2. The van der Waals surface area contributed by atoms with Crippen LogP contribution in [0.1, 0.15) is 5.56 Å². The fourth-order valence-electron chi connectivity index (χ4n) is 2.36. The van der Waals surface area contributed by atoms with Gasteiger partial charge >= 0.3 is 0 Å². The Labute approximate surface area is 149 Å². The van der Waals surface area contributed by atoms with Gasteiger partial charge in [0.25, 0.3) is 0 Å². The largest absolute Gasteiger partial charge is 0.367 e. The van der Waals surface area contributed by atoms with Crippen molar-refractivity contribution in [2.45, 2.75) is 18.8 Å². The molecule has 0 aromatic heterocycles. The predicted molar refractivity (Wildman–Crippen MR) is 95.4 cm³/mol. The number of hydrogen-bond acceptors (Lipinski definition) is 5. The topological polar surface area (TPSA) is 77.2 Å². The van der Waals surface area contributed by atoms with E-state index in [1.165, 1.54) is 0 Å². The first-order valence-electron chi connectivity index (χ1n) is 7.43. The smallest absolute Gasteiger partial charge is 0.242 e. The zero-order valence-corrected chi connectivity index (χ0v) is 14.2. The summed E-state index contributed by atoms with van der Waals surface area (Å²) in [5.41, 5.74) is 10.4. The summed E-state index contributed by atoms with van der Waals surface area (Å²) in [6.07, 6.45) is -0.322. The molecule has 2 aromatic carbocycles. The maximum Gasteiger partial charge on any atom is 0.242 e. The Balaban J connectivity index is 1.59. The van der Waals surface area contributed by atoms with Crippen LogP contribution in [0.4, 0.5) is 5.69 Å². The van der Waals surface area contributed by atoms with E-state index in [2.05, 4.69) is 27.0 Å². The predicted octanol–water partition coefficient (Wildman–Crippen LogP) is 2.03. The lowest BCUT2D eigenvalue weighted by Gasteiger charge is -2.20. The van der Waals surface area contributed by atoms with E-state index in [4.69, 9.17) is 23.2 Å². The van der Waals surface area contributed by atoms with Crippen LogP contribution in [0.15, 0.2) is 48.5 Å². The molecule has 8 heteroatoms. The maximum atomic E-state index is 12.4. The van der Waals surface area contributed by atoms with Crippen molar-refractivity contribution in [2.24, 2.45) is 0 Å². The van der Waals surface area contributed by atoms with Crippen LogP contribution in [0.2, 0.25) is 10.0 Å². The molecule has 1 saturated heterocycles. The molecule has 2 aromatic rings. The Kier molecular flexibility index (Phi) is 5.55. The fourth-order valence-corrected chi connectivity index (χ4v) is 2.69. The molecule has 0 radical (unpaired) electrons. The molecule has 1 amide bonds. The first-order valence-corrected chi connectivity index (χ1v) is 8.18. The van der Waals surface area contributed by atoms with Gasteiger partial charge in [-0.25, -0.2) is 10.9 Å². The Morgan fingerprint density at radius 2 is 1.79 bits per heavy atom. The van der Waals surface area contributed by atoms with Crippen LogP contribution in [0.25, 0.3) is 0 Å². The maximum absolute atomic E-state index is 12.4. The van der Waals surface area contributed by atoms with Crippen molar-refractivity contribution in [3.8, 4) is 0 Å². The van der Waals surface area contributed by atoms with E-state index in [0.29, 0.717) is 16.6 Å². The lowest BCUT2D eigenvalue weighted by atomic mass is 10.2. The summed E-state index contributed by atoms with van der Waals surface area (Å²) in [5.74, 6) is -0.154. The highest BCUT2D eigenvalue weighted by molar-refractivity contribution is 6.31. The minimum atomic E-state index is -0.497. The van der Waals surface area contributed by atoms with Crippen LogP contribution in [0.3, 0.4) is 0 Å². The number of halogens is 2. The minimum absolute atomic E-state index is 0.154. The molecule has 1 aliphatic rings. The molecule has 5 N–H and O–H groups in total. The van der Waals surface area contributed by atoms with E-state index in [-0.39, 0.29) is 12.1 Å². The van der Waals surface area contributed by atoms with Crippen LogP contribution in [-0.4, -0.2) is 18.1 Å². The number of hydrazine groups is 2. The van der Waals surface area contributed by atoms with E-state index in [1.54, 1.807) is 18.2 Å². The van der Waals surface area contributed by atoms with E-state index >= 15 is 0 Å². The van der Waals surface area contributed by atoms with Crippen molar-refractivity contribution in [2.75, 3.05) is 5.32 Å².